The van der Waals surface area contributed by atoms with Crippen molar-refractivity contribution in [3.05, 3.63) is 0 Å². The smallest absolute Gasteiger partial charge is 0.225 e. The van der Waals surface area contributed by atoms with Crippen molar-refractivity contribution in [3.8, 4) is 0 Å². The number of carbonyl (C=O) groups excluding carboxylic acids is 1. The van der Waals surface area contributed by atoms with E-state index >= 15 is 0 Å². The van der Waals surface area contributed by atoms with E-state index in [2.05, 4.69) is 10.2 Å². The van der Waals surface area contributed by atoms with Crippen LogP contribution in [-0.4, -0.2) is 36.5 Å². The van der Waals surface area contributed by atoms with Gasteiger partial charge in [0.25, 0.3) is 0 Å². The van der Waals surface area contributed by atoms with E-state index < -0.39 is 0 Å². The third kappa shape index (κ3) is 2.96. The molecule has 2 heterocycles. The highest BCUT2D eigenvalue weighted by molar-refractivity contribution is 5.79. The maximum Gasteiger partial charge on any atom is 0.225 e. The van der Waals surface area contributed by atoms with Crippen LogP contribution in [0, 0.1) is 11.8 Å². The fraction of sp³-hybridized carbons (Fsp3) is 0.938. The van der Waals surface area contributed by atoms with Gasteiger partial charge < -0.3 is 10.2 Å². The lowest BCUT2D eigenvalue weighted by atomic mass is 9.87. The lowest BCUT2D eigenvalue weighted by Crippen LogP contribution is -2.50. The molecule has 1 aliphatic carbocycles. The van der Waals surface area contributed by atoms with E-state index in [1.54, 1.807) is 0 Å². The summed E-state index contributed by atoms with van der Waals surface area (Å²) in [7, 11) is 0. The standard InChI is InChI=1S/C16H28N2O/c19-16(13-7-4-2-1-3-5-8-13)18-10-6-9-14-11-17-12-15(14)18/h13-15,17H,1-12H2. The molecule has 2 aliphatic heterocycles. The van der Waals surface area contributed by atoms with Gasteiger partial charge in [-0.05, 0) is 31.6 Å². The summed E-state index contributed by atoms with van der Waals surface area (Å²) in [6, 6.07) is 0.506. The van der Waals surface area contributed by atoms with Gasteiger partial charge in [-0.3, -0.25) is 4.79 Å². The maximum absolute atomic E-state index is 12.9. The van der Waals surface area contributed by atoms with Crippen LogP contribution in [-0.2, 0) is 4.79 Å². The van der Waals surface area contributed by atoms with E-state index in [4.69, 9.17) is 0 Å². The Morgan fingerprint density at radius 3 is 2.42 bits per heavy atom. The first-order valence-electron chi connectivity index (χ1n) is 8.37. The first kappa shape index (κ1) is 13.4. The van der Waals surface area contributed by atoms with Crippen LogP contribution in [0.15, 0.2) is 0 Å². The zero-order valence-corrected chi connectivity index (χ0v) is 12.1. The average molecular weight is 264 g/mol. The van der Waals surface area contributed by atoms with Crippen molar-refractivity contribution in [2.75, 3.05) is 19.6 Å². The zero-order chi connectivity index (χ0) is 13.1. The van der Waals surface area contributed by atoms with Crippen molar-refractivity contribution >= 4 is 5.91 Å². The molecule has 0 aromatic heterocycles. The Balaban J connectivity index is 1.64. The summed E-state index contributed by atoms with van der Waals surface area (Å²) in [5.41, 5.74) is 0. The second-order valence-electron chi connectivity index (χ2n) is 6.70. The molecule has 1 amide bonds. The number of amides is 1. The molecule has 3 aliphatic rings. The van der Waals surface area contributed by atoms with Gasteiger partial charge in [-0.15, -0.1) is 0 Å². The molecule has 3 nitrogen and oxygen atoms in total. The van der Waals surface area contributed by atoms with E-state index in [-0.39, 0.29) is 0 Å². The fourth-order valence-corrected chi connectivity index (χ4v) is 4.28. The van der Waals surface area contributed by atoms with Gasteiger partial charge >= 0.3 is 0 Å². The molecule has 0 spiro atoms. The molecule has 19 heavy (non-hydrogen) atoms. The van der Waals surface area contributed by atoms with Gasteiger partial charge in [0, 0.05) is 31.6 Å². The predicted molar refractivity (Wildman–Crippen MR) is 76.9 cm³/mol. The largest absolute Gasteiger partial charge is 0.338 e. The Morgan fingerprint density at radius 1 is 0.895 bits per heavy atom. The summed E-state index contributed by atoms with van der Waals surface area (Å²) in [6.45, 7) is 3.17. The monoisotopic (exact) mass is 264 g/mol. The van der Waals surface area contributed by atoms with Gasteiger partial charge in [-0.25, -0.2) is 0 Å². The van der Waals surface area contributed by atoms with E-state index in [9.17, 15) is 4.79 Å². The van der Waals surface area contributed by atoms with Crippen LogP contribution >= 0.6 is 0 Å². The van der Waals surface area contributed by atoms with Crippen molar-refractivity contribution < 1.29 is 4.79 Å². The highest BCUT2D eigenvalue weighted by Gasteiger charge is 2.39. The summed E-state index contributed by atoms with van der Waals surface area (Å²) >= 11 is 0. The van der Waals surface area contributed by atoms with Crippen LogP contribution in [0.5, 0.6) is 0 Å². The summed E-state index contributed by atoms with van der Waals surface area (Å²) in [6.07, 6.45) is 11.4. The van der Waals surface area contributed by atoms with Gasteiger partial charge in [0.05, 0.1) is 0 Å². The number of nitrogens with one attached hydrogen (secondary N) is 1. The lowest BCUT2D eigenvalue weighted by Gasteiger charge is -2.39. The molecule has 2 saturated heterocycles. The van der Waals surface area contributed by atoms with Crippen LogP contribution in [0.4, 0.5) is 0 Å². The molecule has 3 rings (SSSR count). The molecule has 3 fully saturated rings. The molecule has 0 aromatic carbocycles. The number of nitrogens with zero attached hydrogens (tertiary/aromatic N) is 1. The number of piperidine rings is 1. The highest BCUT2D eigenvalue weighted by Crippen LogP contribution is 2.30. The van der Waals surface area contributed by atoms with E-state index in [1.807, 2.05) is 0 Å². The molecule has 1 N–H and O–H groups in total. The van der Waals surface area contributed by atoms with Crippen molar-refractivity contribution in [1.82, 2.24) is 10.2 Å². The van der Waals surface area contributed by atoms with Crippen molar-refractivity contribution in [1.29, 1.82) is 0 Å². The Bertz CT molecular complexity index is 310. The number of carbonyl (C=O) groups is 1. The van der Waals surface area contributed by atoms with Crippen LogP contribution in [0.3, 0.4) is 0 Å². The van der Waals surface area contributed by atoms with Crippen LogP contribution in [0.2, 0.25) is 0 Å². The summed E-state index contributed by atoms with van der Waals surface area (Å²) in [5.74, 6) is 1.55. The van der Waals surface area contributed by atoms with Gasteiger partial charge in [0.15, 0.2) is 0 Å². The predicted octanol–water partition coefficient (Wildman–Crippen LogP) is 2.56. The zero-order valence-electron chi connectivity index (χ0n) is 12.1. The Labute approximate surface area is 117 Å². The highest BCUT2D eigenvalue weighted by atomic mass is 16.2. The third-order valence-electron chi connectivity index (χ3n) is 5.42. The van der Waals surface area contributed by atoms with Crippen molar-refractivity contribution in [3.63, 3.8) is 0 Å². The van der Waals surface area contributed by atoms with E-state index in [0.29, 0.717) is 17.9 Å². The second-order valence-corrected chi connectivity index (χ2v) is 6.70. The van der Waals surface area contributed by atoms with E-state index in [0.717, 1.165) is 38.4 Å². The molecule has 0 bridgehead atoms. The Morgan fingerprint density at radius 2 is 1.63 bits per heavy atom. The molecule has 3 heteroatoms. The molecule has 2 atom stereocenters. The van der Waals surface area contributed by atoms with Gasteiger partial charge in [0.2, 0.25) is 5.91 Å². The first-order valence-corrected chi connectivity index (χ1v) is 8.37. The molecule has 2 unspecified atom stereocenters. The molecule has 1 saturated carbocycles. The summed E-state index contributed by atoms with van der Waals surface area (Å²) < 4.78 is 0. The molecular weight excluding hydrogens is 236 g/mol. The van der Waals surface area contributed by atoms with Gasteiger partial charge in [0.1, 0.15) is 0 Å². The van der Waals surface area contributed by atoms with E-state index in [1.165, 1.54) is 44.9 Å². The molecule has 0 radical (unpaired) electrons. The average Bonchev–Trinajstić information content (AvgIpc) is 2.85. The number of hydrogen-bond donors (Lipinski definition) is 1. The molecular formula is C16H28N2O. The SMILES string of the molecule is O=C(C1CCCCCCC1)N1CCCC2CNCC21. The lowest BCUT2D eigenvalue weighted by molar-refractivity contribution is -0.140. The number of hydrogen-bond acceptors (Lipinski definition) is 2. The normalized spacial score (nSPS) is 33.6. The van der Waals surface area contributed by atoms with Crippen molar-refractivity contribution in [2.45, 2.75) is 63.8 Å². The third-order valence-corrected chi connectivity index (χ3v) is 5.42. The minimum Gasteiger partial charge on any atom is -0.338 e. The molecule has 108 valence electrons. The van der Waals surface area contributed by atoms with Gasteiger partial charge in [-0.2, -0.15) is 0 Å². The number of rotatable bonds is 1. The first-order chi connectivity index (χ1) is 9.36. The minimum absolute atomic E-state index is 0.333. The topological polar surface area (TPSA) is 32.3 Å². The second kappa shape index (κ2) is 6.25. The Kier molecular flexibility index (Phi) is 4.42. The molecule has 0 aromatic rings. The minimum atomic E-state index is 0.333. The summed E-state index contributed by atoms with van der Waals surface area (Å²) in [4.78, 5) is 15.1. The Hall–Kier alpha value is -0.570. The van der Waals surface area contributed by atoms with Gasteiger partial charge in [-0.1, -0.05) is 32.1 Å². The van der Waals surface area contributed by atoms with Crippen LogP contribution < -0.4 is 5.32 Å². The van der Waals surface area contributed by atoms with Crippen LogP contribution in [0.25, 0.3) is 0 Å². The maximum atomic E-state index is 12.9. The quantitative estimate of drug-likeness (QED) is 0.789. The fourth-order valence-electron chi connectivity index (χ4n) is 4.28. The summed E-state index contributed by atoms with van der Waals surface area (Å²) in [5, 5.41) is 3.48. The van der Waals surface area contributed by atoms with Crippen LogP contribution in [0.1, 0.15) is 57.8 Å². The number of likely N-dealkylation sites (tertiary alicyclic amines) is 1. The number of fused-ring (bicyclic) bond motifs is 1. The van der Waals surface area contributed by atoms with Crippen molar-refractivity contribution in [2.24, 2.45) is 11.8 Å².